The molecule has 228 valence electrons. The molecule has 0 aliphatic carbocycles. The van der Waals surface area contributed by atoms with Crippen molar-refractivity contribution in [1.82, 2.24) is 10.2 Å². The number of aliphatic hydroxyl groups excluding tert-OH is 1. The van der Waals surface area contributed by atoms with Gasteiger partial charge in [0.25, 0.3) is 21.5 Å². The number of nitro benzene ring substituents is 2. The second kappa shape index (κ2) is 14.5. The van der Waals surface area contributed by atoms with E-state index in [1.54, 1.807) is 0 Å². The van der Waals surface area contributed by atoms with Gasteiger partial charge < -0.3 is 19.9 Å². The van der Waals surface area contributed by atoms with E-state index in [4.69, 9.17) is 13.7 Å². The first-order valence-corrected chi connectivity index (χ1v) is 14.5. The van der Waals surface area contributed by atoms with Crippen LogP contribution in [0.25, 0.3) is 0 Å². The molecular formula is C25H30N4O12S. The number of aliphatic hydroxyl groups is 1. The van der Waals surface area contributed by atoms with Gasteiger partial charge in [0, 0.05) is 30.8 Å². The summed E-state index contributed by atoms with van der Waals surface area (Å²) in [5.41, 5.74) is 0.829. The van der Waals surface area contributed by atoms with Gasteiger partial charge in [0.05, 0.1) is 40.9 Å². The molecular weight excluding hydrogens is 580 g/mol. The van der Waals surface area contributed by atoms with E-state index in [0.717, 1.165) is 6.26 Å². The van der Waals surface area contributed by atoms with Crippen LogP contribution in [0.2, 0.25) is 0 Å². The molecule has 2 aromatic rings. The minimum Gasteiger partial charge on any atom is -0.445 e. The van der Waals surface area contributed by atoms with Crippen LogP contribution in [0.1, 0.15) is 30.4 Å². The summed E-state index contributed by atoms with van der Waals surface area (Å²) in [6.45, 7) is -0.343. The Kier molecular flexibility index (Phi) is 11.1. The van der Waals surface area contributed by atoms with Crippen LogP contribution in [0.5, 0.6) is 0 Å². The summed E-state index contributed by atoms with van der Waals surface area (Å²) >= 11 is 0. The number of amides is 2. The van der Waals surface area contributed by atoms with Gasteiger partial charge in [0.15, 0.2) is 0 Å². The predicted octanol–water partition coefficient (Wildman–Crippen LogP) is 2.63. The molecule has 1 saturated heterocycles. The van der Waals surface area contributed by atoms with Crippen molar-refractivity contribution >= 4 is 33.7 Å². The normalized spacial score (nSPS) is 17.3. The number of nitrogens with one attached hydrogen (secondary N) is 1. The van der Waals surface area contributed by atoms with Crippen LogP contribution in [-0.4, -0.2) is 78.1 Å². The molecule has 0 spiro atoms. The molecule has 0 aromatic heterocycles. The Morgan fingerprint density at radius 3 is 2.02 bits per heavy atom. The van der Waals surface area contributed by atoms with Crippen LogP contribution in [0, 0.1) is 20.2 Å². The fourth-order valence-corrected chi connectivity index (χ4v) is 4.90. The first kappa shape index (κ1) is 32.2. The maximum atomic E-state index is 12.9. The number of carbonyl (C=O) groups excluding carboxylic acids is 2. The molecule has 1 fully saturated rings. The molecule has 0 saturated carbocycles. The van der Waals surface area contributed by atoms with E-state index in [0.29, 0.717) is 11.1 Å². The minimum atomic E-state index is -3.84. The fourth-order valence-electron chi connectivity index (χ4n) is 4.27. The molecule has 17 heteroatoms. The van der Waals surface area contributed by atoms with Gasteiger partial charge in [-0.2, -0.15) is 8.42 Å². The van der Waals surface area contributed by atoms with E-state index in [-0.39, 0.29) is 56.9 Å². The maximum Gasteiger partial charge on any atom is 0.410 e. The van der Waals surface area contributed by atoms with Crippen molar-refractivity contribution in [3.05, 3.63) is 79.9 Å². The van der Waals surface area contributed by atoms with Gasteiger partial charge in [0.2, 0.25) is 0 Å². The Bertz CT molecular complexity index is 1370. The summed E-state index contributed by atoms with van der Waals surface area (Å²) < 4.78 is 38.7. The Morgan fingerprint density at radius 1 is 1.00 bits per heavy atom. The van der Waals surface area contributed by atoms with Crippen molar-refractivity contribution < 1.29 is 46.6 Å². The summed E-state index contributed by atoms with van der Waals surface area (Å²) in [6.07, 6.45) is -2.27. The second-order valence-corrected chi connectivity index (χ2v) is 11.1. The molecule has 16 nitrogen and oxygen atoms in total. The SMILES string of the molecule is CS(=O)(=O)O[C@@H]1C[C@@H]([C@@H](O)CCCNC(=O)OCc2ccc([N+](=O)[O-])cc2)N(C(=O)OCc2ccc([N+](=O)[O-])cc2)C1. The zero-order valence-electron chi connectivity index (χ0n) is 22.5. The minimum absolute atomic E-state index is 0.0194. The van der Waals surface area contributed by atoms with Crippen molar-refractivity contribution in [3.8, 4) is 0 Å². The number of hydrogen-bond acceptors (Lipinski definition) is 12. The molecule has 1 heterocycles. The van der Waals surface area contributed by atoms with Crippen LogP contribution in [-0.2, 0) is 37.0 Å². The van der Waals surface area contributed by atoms with Crippen molar-refractivity contribution in [1.29, 1.82) is 0 Å². The Labute approximate surface area is 240 Å². The number of non-ortho nitro benzene ring substituents is 2. The molecule has 1 aliphatic heterocycles. The highest BCUT2D eigenvalue weighted by Gasteiger charge is 2.41. The second-order valence-electron chi connectivity index (χ2n) is 9.49. The van der Waals surface area contributed by atoms with Crippen molar-refractivity contribution in [2.24, 2.45) is 0 Å². The molecule has 3 rings (SSSR count). The van der Waals surface area contributed by atoms with Gasteiger partial charge in [-0.25, -0.2) is 9.59 Å². The Hall–Kier alpha value is -4.35. The van der Waals surface area contributed by atoms with Crippen molar-refractivity contribution in [3.63, 3.8) is 0 Å². The highest BCUT2D eigenvalue weighted by Crippen LogP contribution is 2.27. The summed E-state index contributed by atoms with van der Waals surface area (Å²) in [6, 6.07) is 10.1. The number of hydrogen-bond donors (Lipinski definition) is 2. The van der Waals surface area contributed by atoms with E-state index >= 15 is 0 Å². The number of rotatable bonds is 13. The zero-order valence-corrected chi connectivity index (χ0v) is 23.3. The summed E-state index contributed by atoms with van der Waals surface area (Å²) in [5, 5.41) is 34.9. The van der Waals surface area contributed by atoms with Crippen LogP contribution in [0.4, 0.5) is 21.0 Å². The average molecular weight is 611 g/mol. The van der Waals surface area contributed by atoms with Gasteiger partial charge in [0.1, 0.15) is 13.2 Å². The van der Waals surface area contributed by atoms with Crippen LogP contribution < -0.4 is 5.32 Å². The predicted molar refractivity (Wildman–Crippen MR) is 145 cm³/mol. The Morgan fingerprint density at radius 2 is 1.52 bits per heavy atom. The van der Waals surface area contributed by atoms with Gasteiger partial charge in [-0.1, -0.05) is 0 Å². The molecule has 0 radical (unpaired) electrons. The van der Waals surface area contributed by atoms with Gasteiger partial charge >= 0.3 is 12.2 Å². The van der Waals surface area contributed by atoms with Crippen LogP contribution in [0.3, 0.4) is 0 Å². The van der Waals surface area contributed by atoms with Crippen LogP contribution in [0.15, 0.2) is 48.5 Å². The van der Waals surface area contributed by atoms with E-state index in [9.17, 15) is 43.3 Å². The van der Waals surface area contributed by atoms with E-state index in [1.165, 1.54) is 53.4 Å². The third kappa shape index (κ3) is 9.93. The molecule has 42 heavy (non-hydrogen) atoms. The average Bonchev–Trinajstić information content (AvgIpc) is 3.35. The summed E-state index contributed by atoms with van der Waals surface area (Å²) in [7, 11) is -3.84. The lowest BCUT2D eigenvalue weighted by atomic mass is 10.0. The maximum absolute atomic E-state index is 12.9. The van der Waals surface area contributed by atoms with Crippen molar-refractivity contribution in [2.75, 3.05) is 19.3 Å². The van der Waals surface area contributed by atoms with Crippen LogP contribution >= 0.6 is 0 Å². The first-order valence-electron chi connectivity index (χ1n) is 12.7. The molecule has 0 bridgehead atoms. The highest BCUT2D eigenvalue weighted by molar-refractivity contribution is 7.86. The number of carbonyl (C=O) groups is 2. The number of benzene rings is 2. The lowest BCUT2D eigenvalue weighted by Gasteiger charge is -2.27. The lowest BCUT2D eigenvalue weighted by molar-refractivity contribution is -0.385. The molecule has 2 N–H and O–H groups in total. The third-order valence-electron chi connectivity index (χ3n) is 6.27. The summed E-state index contributed by atoms with van der Waals surface area (Å²) in [5.74, 6) is 0. The third-order valence-corrected chi connectivity index (χ3v) is 6.89. The molecule has 2 aromatic carbocycles. The van der Waals surface area contributed by atoms with Crippen molar-refractivity contribution in [2.45, 2.75) is 50.7 Å². The monoisotopic (exact) mass is 610 g/mol. The number of alkyl carbamates (subject to hydrolysis) is 1. The van der Waals surface area contributed by atoms with Gasteiger partial charge in [-0.05, 0) is 54.7 Å². The zero-order chi connectivity index (χ0) is 30.9. The highest BCUT2D eigenvalue weighted by atomic mass is 32.2. The first-order chi connectivity index (χ1) is 19.8. The number of ether oxygens (including phenoxy) is 2. The quantitative estimate of drug-likeness (QED) is 0.145. The smallest absolute Gasteiger partial charge is 0.410 e. The van der Waals surface area contributed by atoms with E-state index < -0.39 is 50.4 Å². The molecule has 1 aliphatic rings. The fraction of sp³-hybridized carbons (Fsp3) is 0.440. The Balaban J connectivity index is 1.48. The van der Waals surface area contributed by atoms with E-state index in [2.05, 4.69) is 5.32 Å². The molecule has 3 atom stereocenters. The summed E-state index contributed by atoms with van der Waals surface area (Å²) in [4.78, 5) is 46.4. The number of nitrogens with zero attached hydrogens (tertiary/aromatic N) is 3. The van der Waals surface area contributed by atoms with Gasteiger partial charge in [-0.15, -0.1) is 0 Å². The topological polar surface area (TPSA) is 218 Å². The number of nitro groups is 2. The molecule has 2 amide bonds. The van der Waals surface area contributed by atoms with E-state index in [1.807, 2.05) is 0 Å². The lowest BCUT2D eigenvalue weighted by Crippen LogP contribution is -2.43. The standard InChI is InChI=1S/C25H30N4O12S/c1-42(37,38)41-21-13-22(27(14-21)25(32)40-16-18-6-10-20(11-7-18)29(35)36)23(30)3-2-12-26-24(31)39-15-17-4-8-19(9-5-17)28(33)34/h4-11,21-23,30H,2-3,12-16H2,1H3,(H,26,31)/t21-,22+,23+/m1/s1. The number of likely N-dealkylation sites (tertiary alicyclic amines) is 1. The largest absolute Gasteiger partial charge is 0.445 e. The van der Waals surface area contributed by atoms with Gasteiger partial charge in [-0.3, -0.25) is 29.3 Å². The molecule has 0 unspecified atom stereocenters.